The Balaban J connectivity index is 1.47. The van der Waals surface area contributed by atoms with Crippen molar-refractivity contribution in [3.8, 4) is 0 Å². The predicted molar refractivity (Wildman–Crippen MR) is 124 cm³/mol. The van der Waals surface area contributed by atoms with Crippen molar-refractivity contribution >= 4 is 0 Å². The van der Waals surface area contributed by atoms with Gasteiger partial charge in [-0.3, -0.25) is 0 Å². The third kappa shape index (κ3) is 3.66. The highest BCUT2D eigenvalue weighted by molar-refractivity contribution is 5.27. The summed E-state index contributed by atoms with van der Waals surface area (Å²) in [5.74, 6) is 5.58. The molecule has 4 aliphatic rings. The van der Waals surface area contributed by atoms with Crippen LogP contribution in [0.3, 0.4) is 0 Å². The number of rotatable bonds is 6. The van der Waals surface area contributed by atoms with E-state index in [1.54, 1.807) is 0 Å². The van der Waals surface area contributed by atoms with E-state index in [1.165, 1.54) is 70.6 Å². The van der Waals surface area contributed by atoms with Gasteiger partial charge in [-0.15, -0.1) is 0 Å². The highest BCUT2D eigenvalue weighted by Gasteiger charge is 2.57. The summed E-state index contributed by atoms with van der Waals surface area (Å²) in [7, 11) is 0. The Morgan fingerprint density at radius 3 is 2.41 bits per heavy atom. The van der Waals surface area contributed by atoms with Gasteiger partial charge in [0, 0.05) is 6.61 Å². The Bertz CT molecular complexity index is 607. The molecule has 2 unspecified atom stereocenters. The van der Waals surface area contributed by atoms with E-state index in [0.29, 0.717) is 29.3 Å². The van der Waals surface area contributed by atoms with Crippen molar-refractivity contribution in [3.63, 3.8) is 0 Å². The summed E-state index contributed by atoms with van der Waals surface area (Å²) in [6.07, 6.45) is 18.6. The van der Waals surface area contributed by atoms with Crippen molar-refractivity contribution in [1.29, 1.82) is 0 Å². The fourth-order valence-corrected chi connectivity index (χ4v) is 8.71. The zero-order chi connectivity index (χ0) is 20.8. The zero-order valence-corrected chi connectivity index (χ0v) is 20.1. The van der Waals surface area contributed by atoms with E-state index in [2.05, 4.69) is 40.7 Å². The van der Waals surface area contributed by atoms with Crippen molar-refractivity contribution < 1.29 is 5.11 Å². The van der Waals surface area contributed by atoms with E-state index in [0.717, 1.165) is 29.6 Å². The number of fused-ring (bicyclic) bond motifs is 5. The van der Waals surface area contributed by atoms with Gasteiger partial charge in [0.1, 0.15) is 0 Å². The maximum Gasteiger partial charge on any atom is 0.0459 e. The van der Waals surface area contributed by atoms with Crippen molar-refractivity contribution in [2.75, 3.05) is 6.61 Å². The molecule has 0 aromatic heterocycles. The van der Waals surface area contributed by atoms with Crippen molar-refractivity contribution in [3.05, 3.63) is 11.6 Å². The smallest absolute Gasteiger partial charge is 0.0459 e. The van der Waals surface area contributed by atoms with Crippen LogP contribution in [0.15, 0.2) is 11.6 Å². The number of aliphatic hydroxyl groups is 1. The summed E-state index contributed by atoms with van der Waals surface area (Å²) in [4.78, 5) is 0. The first-order chi connectivity index (χ1) is 13.8. The van der Waals surface area contributed by atoms with Gasteiger partial charge in [0.05, 0.1) is 0 Å². The van der Waals surface area contributed by atoms with Crippen LogP contribution in [0.2, 0.25) is 0 Å². The van der Waals surface area contributed by atoms with E-state index in [1.807, 2.05) is 5.57 Å². The average molecular weight is 401 g/mol. The Kier molecular flexibility index (Phi) is 6.29. The molecule has 4 rings (SSSR count). The molecular formula is C28H48O. The van der Waals surface area contributed by atoms with E-state index in [-0.39, 0.29) is 0 Å². The van der Waals surface area contributed by atoms with E-state index >= 15 is 0 Å². The van der Waals surface area contributed by atoms with Gasteiger partial charge in [0.2, 0.25) is 0 Å². The molecule has 29 heavy (non-hydrogen) atoms. The summed E-state index contributed by atoms with van der Waals surface area (Å²) >= 11 is 0. The van der Waals surface area contributed by atoms with Gasteiger partial charge in [0.15, 0.2) is 0 Å². The molecule has 0 radical (unpaired) electrons. The first kappa shape index (κ1) is 21.9. The highest BCUT2D eigenvalue weighted by Crippen LogP contribution is 2.66. The van der Waals surface area contributed by atoms with Crippen LogP contribution in [0.1, 0.15) is 105 Å². The molecule has 0 amide bonds. The third-order valence-electron chi connectivity index (χ3n) is 11.1. The first-order valence-electron chi connectivity index (χ1n) is 13.1. The van der Waals surface area contributed by atoms with E-state index < -0.39 is 0 Å². The molecule has 0 heterocycles. The fourth-order valence-electron chi connectivity index (χ4n) is 8.71. The molecule has 9 atom stereocenters. The van der Waals surface area contributed by atoms with E-state index in [9.17, 15) is 5.11 Å². The number of hydrogen-bond acceptors (Lipinski definition) is 1. The fraction of sp³-hybridized carbons (Fsp3) is 0.929. The van der Waals surface area contributed by atoms with Gasteiger partial charge < -0.3 is 5.11 Å². The number of allylic oxidation sites excluding steroid dienone is 2. The molecule has 0 saturated heterocycles. The molecule has 1 nitrogen and oxygen atoms in total. The lowest BCUT2D eigenvalue weighted by Crippen LogP contribution is -2.48. The maximum atomic E-state index is 9.48. The summed E-state index contributed by atoms with van der Waals surface area (Å²) in [6.45, 7) is 12.8. The zero-order valence-electron chi connectivity index (χ0n) is 20.1. The summed E-state index contributed by atoms with van der Waals surface area (Å²) < 4.78 is 0. The Morgan fingerprint density at radius 1 is 0.897 bits per heavy atom. The van der Waals surface area contributed by atoms with Gasteiger partial charge in [-0.2, -0.15) is 0 Å². The lowest BCUT2D eigenvalue weighted by atomic mass is 9.48. The molecule has 3 saturated carbocycles. The summed E-state index contributed by atoms with van der Waals surface area (Å²) in [5, 5.41) is 9.48. The first-order valence-corrected chi connectivity index (χ1v) is 13.1. The largest absolute Gasteiger partial charge is 0.396 e. The molecule has 1 N–H and O–H groups in total. The van der Waals surface area contributed by atoms with Crippen LogP contribution in [0.25, 0.3) is 0 Å². The topological polar surface area (TPSA) is 20.2 Å². The normalized spacial score (nSPS) is 44.8. The standard InChI is InChI=1S/C28H48O/c1-19(21(3)18-29)9-10-20(2)24-13-14-25-23-12-11-22-8-6-7-16-27(22,4)26(23)15-17-28(24,25)5/h12,19-22,24-26,29H,6-11,13-18H2,1-5H3/t19-,20-,21?,22?,24-,25+,26+,27+,28-/m1/s1. The van der Waals surface area contributed by atoms with Gasteiger partial charge >= 0.3 is 0 Å². The molecule has 0 bridgehead atoms. The van der Waals surface area contributed by atoms with Crippen molar-refractivity contribution in [2.45, 2.75) is 105 Å². The molecule has 0 aliphatic heterocycles. The minimum absolute atomic E-state index is 0.341. The van der Waals surface area contributed by atoms with Crippen molar-refractivity contribution in [2.24, 2.45) is 52.3 Å². The second-order valence-electron chi connectivity index (χ2n) is 12.4. The van der Waals surface area contributed by atoms with Crippen LogP contribution in [-0.4, -0.2) is 11.7 Å². The Labute approximate surface area is 181 Å². The SMILES string of the molecule is CC(CO)[C@H](C)CC[C@@H](C)[C@H]1CC[C@H]2C3=CCC4CCCC[C@]4(C)[C@H]3CC[C@]12C. The number of hydrogen-bond donors (Lipinski definition) is 1. The van der Waals surface area contributed by atoms with Gasteiger partial charge in [-0.1, -0.05) is 72.0 Å². The van der Waals surface area contributed by atoms with Crippen LogP contribution >= 0.6 is 0 Å². The predicted octanol–water partition coefficient (Wildman–Crippen LogP) is 7.64. The molecule has 166 valence electrons. The molecule has 0 aromatic rings. The quantitative estimate of drug-likeness (QED) is 0.454. The van der Waals surface area contributed by atoms with Crippen LogP contribution in [0, 0.1) is 52.3 Å². The Hall–Kier alpha value is -0.300. The van der Waals surface area contributed by atoms with Crippen LogP contribution < -0.4 is 0 Å². The monoisotopic (exact) mass is 400 g/mol. The van der Waals surface area contributed by atoms with Crippen LogP contribution in [0.4, 0.5) is 0 Å². The van der Waals surface area contributed by atoms with Crippen LogP contribution in [0.5, 0.6) is 0 Å². The second-order valence-corrected chi connectivity index (χ2v) is 12.4. The Morgan fingerprint density at radius 2 is 1.66 bits per heavy atom. The summed E-state index contributed by atoms with van der Waals surface area (Å²) in [6, 6.07) is 0. The minimum atomic E-state index is 0.341. The highest BCUT2D eigenvalue weighted by atomic mass is 16.3. The van der Waals surface area contributed by atoms with Gasteiger partial charge in [-0.25, -0.2) is 0 Å². The second kappa shape index (κ2) is 8.33. The van der Waals surface area contributed by atoms with Crippen molar-refractivity contribution in [1.82, 2.24) is 0 Å². The average Bonchev–Trinajstić information content (AvgIpc) is 3.08. The molecule has 4 aliphatic carbocycles. The lowest BCUT2D eigenvalue weighted by Gasteiger charge is -2.57. The molecule has 0 aromatic carbocycles. The van der Waals surface area contributed by atoms with E-state index in [4.69, 9.17) is 0 Å². The molecular weight excluding hydrogens is 352 g/mol. The van der Waals surface area contributed by atoms with Crippen LogP contribution in [-0.2, 0) is 0 Å². The molecule has 0 spiro atoms. The minimum Gasteiger partial charge on any atom is -0.396 e. The lowest BCUT2D eigenvalue weighted by molar-refractivity contribution is -0.00835. The molecule has 3 fully saturated rings. The maximum absolute atomic E-state index is 9.48. The molecule has 1 heteroatoms. The summed E-state index contributed by atoms with van der Waals surface area (Å²) in [5.41, 5.74) is 3.09. The number of aliphatic hydroxyl groups excluding tert-OH is 1. The van der Waals surface area contributed by atoms with Gasteiger partial charge in [0.25, 0.3) is 0 Å². The third-order valence-corrected chi connectivity index (χ3v) is 11.1. The van der Waals surface area contributed by atoms with Gasteiger partial charge in [-0.05, 0) is 97.2 Å².